The summed E-state index contributed by atoms with van der Waals surface area (Å²) in [4.78, 5) is 11.7. The number of aliphatic hydroxyl groups excluding tert-OH is 1. The molecule has 4 heterocycles. The lowest BCUT2D eigenvalue weighted by molar-refractivity contribution is 0.155. The van der Waals surface area contributed by atoms with Crippen LogP contribution in [0.1, 0.15) is 25.7 Å². The van der Waals surface area contributed by atoms with Gasteiger partial charge in [-0.2, -0.15) is 5.10 Å². The number of rotatable bonds is 9. The maximum atomic E-state index is 14.0. The predicted molar refractivity (Wildman–Crippen MR) is 157 cm³/mol. The maximum absolute atomic E-state index is 14.0. The van der Waals surface area contributed by atoms with Crippen molar-refractivity contribution in [1.82, 2.24) is 24.6 Å². The standard InChI is InChI=1S/C33H33F2N5O/c34-27-6-2-24(3-7-27)30-29-22-40(18-1-17-39-19-12-23(13-20-39)14-21-41)38-33(29)37-32(26-4-8-28(35)9-5-26)31(30)25-10-15-36-16-11-25/h2-11,15-16,22-23,41H,1,12-14,17-21H2. The van der Waals surface area contributed by atoms with Gasteiger partial charge in [-0.25, -0.2) is 13.8 Å². The second kappa shape index (κ2) is 12.2. The van der Waals surface area contributed by atoms with Gasteiger partial charge in [-0.3, -0.25) is 9.67 Å². The van der Waals surface area contributed by atoms with Gasteiger partial charge < -0.3 is 10.0 Å². The number of aryl methyl sites for hydroxylation is 1. The Kier molecular flexibility index (Phi) is 8.11. The monoisotopic (exact) mass is 553 g/mol. The molecule has 0 saturated carbocycles. The molecule has 0 atom stereocenters. The van der Waals surface area contributed by atoms with Crippen LogP contribution >= 0.6 is 0 Å². The maximum Gasteiger partial charge on any atom is 0.182 e. The first kappa shape index (κ1) is 27.2. The fourth-order valence-corrected chi connectivity index (χ4v) is 5.87. The zero-order chi connectivity index (χ0) is 28.2. The number of aliphatic hydroxyl groups is 1. The van der Waals surface area contributed by atoms with Crippen molar-refractivity contribution < 1.29 is 13.9 Å². The minimum atomic E-state index is -0.319. The summed E-state index contributed by atoms with van der Waals surface area (Å²) in [6.45, 7) is 4.14. The summed E-state index contributed by atoms with van der Waals surface area (Å²) < 4.78 is 29.8. The fraction of sp³-hybridized carbons (Fsp3) is 0.303. The summed E-state index contributed by atoms with van der Waals surface area (Å²) in [5.74, 6) is 0.00817. The molecule has 0 spiro atoms. The van der Waals surface area contributed by atoms with E-state index in [4.69, 9.17) is 10.1 Å². The quantitative estimate of drug-likeness (QED) is 0.223. The molecular weight excluding hydrogens is 520 g/mol. The van der Waals surface area contributed by atoms with Gasteiger partial charge in [0.2, 0.25) is 0 Å². The Balaban J connectivity index is 1.39. The average Bonchev–Trinajstić information content (AvgIpc) is 3.41. The van der Waals surface area contributed by atoms with E-state index in [1.165, 1.54) is 24.3 Å². The van der Waals surface area contributed by atoms with Crippen molar-refractivity contribution in [2.24, 2.45) is 5.92 Å². The number of hydrogen-bond donors (Lipinski definition) is 1. The number of pyridine rings is 2. The van der Waals surface area contributed by atoms with E-state index < -0.39 is 0 Å². The van der Waals surface area contributed by atoms with Gasteiger partial charge in [-0.1, -0.05) is 12.1 Å². The van der Waals surface area contributed by atoms with Crippen molar-refractivity contribution in [2.75, 3.05) is 26.2 Å². The number of halogens is 2. The van der Waals surface area contributed by atoms with E-state index in [1.54, 1.807) is 36.7 Å². The molecular formula is C33H33F2N5O. The summed E-state index contributed by atoms with van der Waals surface area (Å²) in [6.07, 6.45) is 9.64. The van der Waals surface area contributed by atoms with Crippen LogP contribution in [0.25, 0.3) is 44.5 Å². The number of benzene rings is 2. The molecule has 5 aromatic rings. The van der Waals surface area contributed by atoms with Crippen LogP contribution in [0.3, 0.4) is 0 Å². The van der Waals surface area contributed by atoms with Crippen LogP contribution in [-0.2, 0) is 6.54 Å². The zero-order valence-corrected chi connectivity index (χ0v) is 22.9. The van der Waals surface area contributed by atoms with E-state index in [2.05, 4.69) is 9.88 Å². The van der Waals surface area contributed by atoms with Crippen molar-refractivity contribution in [3.8, 4) is 33.5 Å². The molecule has 1 aliphatic heterocycles. The lowest BCUT2D eigenvalue weighted by atomic mass is 9.90. The van der Waals surface area contributed by atoms with Crippen LogP contribution in [0, 0.1) is 17.6 Å². The van der Waals surface area contributed by atoms with E-state index in [0.29, 0.717) is 17.3 Å². The SMILES string of the molecule is OCCC1CCN(CCCn2cc3c(-c4ccc(F)cc4)c(-c4ccncc4)c(-c4ccc(F)cc4)nc3n2)CC1. The van der Waals surface area contributed by atoms with Crippen molar-refractivity contribution >= 4 is 11.0 Å². The summed E-state index contributed by atoms with van der Waals surface area (Å²) in [5, 5.41) is 15.0. The minimum Gasteiger partial charge on any atom is -0.396 e. The lowest BCUT2D eigenvalue weighted by Crippen LogP contribution is -2.35. The normalized spacial score (nSPS) is 14.6. The molecule has 1 fully saturated rings. The van der Waals surface area contributed by atoms with Gasteiger partial charge in [-0.05, 0) is 111 Å². The fourth-order valence-electron chi connectivity index (χ4n) is 5.87. The largest absolute Gasteiger partial charge is 0.396 e. The highest BCUT2D eigenvalue weighted by Gasteiger charge is 2.22. The van der Waals surface area contributed by atoms with Crippen LogP contribution in [0.4, 0.5) is 8.78 Å². The Morgan fingerprint density at radius 2 is 1.41 bits per heavy atom. The number of aromatic nitrogens is 4. The summed E-state index contributed by atoms with van der Waals surface area (Å²) in [5.41, 5.74) is 5.55. The van der Waals surface area contributed by atoms with Crippen LogP contribution in [0.15, 0.2) is 79.3 Å². The molecule has 0 amide bonds. The first-order valence-corrected chi connectivity index (χ1v) is 14.3. The van der Waals surface area contributed by atoms with Gasteiger partial charge in [0.05, 0.1) is 5.69 Å². The second-order valence-electron chi connectivity index (χ2n) is 10.7. The first-order chi connectivity index (χ1) is 20.1. The molecule has 6 rings (SSSR count). The van der Waals surface area contributed by atoms with Crippen molar-refractivity contribution in [3.63, 3.8) is 0 Å². The number of piperidine rings is 1. The first-order valence-electron chi connectivity index (χ1n) is 14.3. The van der Waals surface area contributed by atoms with Crippen LogP contribution in [0.5, 0.6) is 0 Å². The van der Waals surface area contributed by atoms with Gasteiger partial charge in [0.1, 0.15) is 11.6 Å². The van der Waals surface area contributed by atoms with Crippen LogP contribution < -0.4 is 0 Å². The lowest BCUT2D eigenvalue weighted by Gasteiger charge is -2.31. The Bertz CT molecular complexity index is 1600. The highest BCUT2D eigenvalue weighted by molar-refractivity contribution is 6.05. The van der Waals surface area contributed by atoms with Crippen molar-refractivity contribution in [2.45, 2.75) is 32.2 Å². The van der Waals surface area contributed by atoms with E-state index in [0.717, 1.165) is 85.1 Å². The molecule has 1 saturated heterocycles. The van der Waals surface area contributed by atoms with Gasteiger partial charge >= 0.3 is 0 Å². The summed E-state index contributed by atoms with van der Waals surface area (Å²) in [7, 11) is 0. The number of likely N-dealkylation sites (tertiary alicyclic amines) is 1. The summed E-state index contributed by atoms with van der Waals surface area (Å²) >= 11 is 0. The van der Waals surface area contributed by atoms with Crippen molar-refractivity contribution in [1.29, 1.82) is 0 Å². The van der Waals surface area contributed by atoms with Gasteiger partial charge in [-0.15, -0.1) is 0 Å². The van der Waals surface area contributed by atoms with E-state index in [-0.39, 0.29) is 18.2 Å². The Morgan fingerprint density at radius 1 is 0.780 bits per heavy atom. The molecule has 2 aromatic carbocycles. The third kappa shape index (κ3) is 6.04. The van der Waals surface area contributed by atoms with Crippen LogP contribution in [-0.4, -0.2) is 56.0 Å². The van der Waals surface area contributed by atoms with Crippen molar-refractivity contribution in [3.05, 3.63) is 90.9 Å². The molecule has 0 aliphatic carbocycles. The third-order valence-corrected chi connectivity index (χ3v) is 8.04. The van der Waals surface area contributed by atoms with Gasteiger partial charge in [0.25, 0.3) is 0 Å². The Hall–Kier alpha value is -4.01. The summed E-state index contributed by atoms with van der Waals surface area (Å²) in [6, 6.07) is 16.6. The van der Waals surface area contributed by atoms with Gasteiger partial charge in [0, 0.05) is 53.8 Å². The van der Waals surface area contributed by atoms with E-state index >= 15 is 0 Å². The highest BCUT2D eigenvalue weighted by atomic mass is 19.1. The molecule has 210 valence electrons. The smallest absolute Gasteiger partial charge is 0.182 e. The van der Waals surface area contributed by atoms with E-state index in [1.807, 2.05) is 23.0 Å². The predicted octanol–water partition coefficient (Wildman–Crippen LogP) is 6.59. The highest BCUT2D eigenvalue weighted by Crippen LogP contribution is 2.43. The number of hydrogen-bond acceptors (Lipinski definition) is 5. The minimum absolute atomic E-state index is 0.275. The molecule has 0 unspecified atom stereocenters. The zero-order valence-electron chi connectivity index (χ0n) is 22.9. The van der Waals surface area contributed by atoms with E-state index in [9.17, 15) is 13.9 Å². The molecule has 0 bridgehead atoms. The third-order valence-electron chi connectivity index (χ3n) is 8.04. The van der Waals surface area contributed by atoms with Gasteiger partial charge in [0.15, 0.2) is 5.65 Å². The second-order valence-corrected chi connectivity index (χ2v) is 10.7. The molecule has 41 heavy (non-hydrogen) atoms. The molecule has 1 aliphatic rings. The molecule has 6 nitrogen and oxygen atoms in total. The molecule has 8 heteroatoms. The Labute approximate surface area is 238 Å². The number of nitrogens with zero attached hydrogens (tertiary/aromatic N) is 5. The number of fused-ring (bicyclic) bond motifs is 1. The molecule has 3 aromatic heterocycles. The van der Waals surface area contributed by atoms with Crippen LogP contribution in [0.2, 0.25) is 0 Å². The molecule has 1 N–H and O–H groups in total. The molecule has 0 radical (unpaired) electrons. The topological polar surface area (TPSA) is 67.1 Å². The average molecular weight is 554 g/mol. The Morgan fingerprint density at radius 3 is 2.07 bits per heavy atom.